The summed E-state index contributed by atoms with van der Waals surface area (Å²) in [5.41, 5.74) is 1.20. The molecule has 1 N–H and O–H groups in total. The van der Waals surface area contributed by atoms with Gasteiger partial charge in [0, 0.05) is 44.2 Å². The largest absolute Gasteiger partial charge is 0.380 e. The minimum absolute atomic E-state index is 0.768. The number of nitrogens with one attached hydrogen (secondary N) is 1. The van der Waals surface area contributed by atoms with E-state index < -0.39 is 0 Å². The maximum absolute atomic E-state index is 5.41. The maximum atomic E-state index is 5.41. The first kappa shape index (κ1) is 14.8. The van der Waals surface area contributed by atoms with Crippen LogP contribution >= 0.6 is 0 Å². The summed E-state index contributed by atoms with van der Waals surface area (Å²) in [4.78, 5) is 6.62. The summed E-state index contributed by atoms with van der Waals surface area (Å²) in [6.07, 6.45) is 2.96. The third kappa shape index (κ3) is 4.92. The molecule has 0 aliphatic heterocycles. The van der Waals surface area contributed by atoms with Gasteiger partial charge in [0.25, 0.3) is 0 Å². The van der Waals surface area contributed by atoms with Crippen molar-refractivity contribution in [2.24, 2.45) is 0 Å². The number of hydrogen-bond donors (Lipinski definition) is 1. The second-order valence-electron chi connectivity index (χ2n) is 4.10. The Kier molecular flexibility index (Phi) is 7.18. The summed E-state index contributed by atoms with van der Waals surface area (Å²) >= 11 is 0. The number of pyridine rings is 1. The van der Waals surface area contributed by atoms with Gasteiger partial charge in [0.05, 0.1) is 6.61 Å². The van der Waals surface area contributed by atoms with E-state index in [0.717, 1.165) is 45.1 Å². The fourth-order valence-electron chi connectivity index (χ4n) is 1.75. The zero-order valence-corrected chi connectivity index (χ0v) is 11.8. The zero-order valence-electron chi connectivity index (χ0n) is 11.8. The number of ether oxygens (including phenoxy) is 1. The quantitative estimate of drug-likeness (QED) is 0.685. The van der Waals surface area contributed by atoms with Gasteiger partial charge < -0.3 is 15.0 Å². The van der Waals surface area contributed by atoms with E-state index in [-0.39, 0.29) is 0 Å². The van der Waals surface area contributed by atoms with E-state index in [4.69, 9.17) is 4.74 Å². The molecule has 1 aromatic heterocycles. The van der Waals surface area contributed by atoms with Crippen molar-refractivity contribution in [2.75, 3.05) is 43.1 Å². The highest BCUT2D eigenvalue weighted by atomic mass is 16.5. The van der Waals surface area contributed by atoms with Gasteiger partial charge in [0.15, 0.2) is 0 Å². The standard InChI is InChI=1S/C14H25N3O/c1-4-8-15-14-12-13(7-9-16-14)17(5-2)10-11-18-6-3/h7,9,12H,4-6,8,10-11H2,1-3H3,(H,15,16). The molecule has 1 heterocycles. The maximum Gasteiger partial charge on any atom is 0.127 e. The summed E-state index contributed by atoms with van der Waals surface area (Å²) in [5.74, 6) is 0.948. The molecule has 0 saturated heterocycles. The highest BCUT2D eigenvalue weighted by molar-refractivity contribution is 5.53. The van der Waals surface area contributed by atoms with Crippen LogP contribution in [0.5, 0.6) is 0 Å². The molecule has 0 fully saturated rings. The SMILES string of the molecule is CCCNc1cc(N(CC)CCOCC)ccn1. The van der Waals surface area contributed by atoms with Gasteiger partial charge in [-0.25, -0.2) is 4.98 Å². The lowest BCUT2D eigenvalue weighted by atomic mass is 10.3. The molecule has 0 amide bonds. The van der Waals surface area contributed by atoms with E-state index in [0.29, 0.717) is 0 Å². The van der Waals surface area contributed by atoms with E-state index in [1.807, 2.05) is 19.2 Å². The average molecular weight is 251 g/mol. The van der Waals surface area contributed by atoms with Gasteiger partial charge in [-0.1, -0.05) is 6.92 Å². The van der Waals surface area contributed by atoms with Crippen LogP contribution in [0.15, 0.2) is 18.3 Å². The monoisotopic (exact) mass is 251 g/mol. The van der Waals surface area contributed by atoms with E-state index in [1.54, 1.807) is 0 Å². The summed E-state index contributed by atoms with van der Waals surface area (Å²) in [5, 5.41) is 3.31. The normalized spacial score (nSPS) is 10.4. The van der Waals surface area contributed by atoms with Gasteiger partial charge in [-0.3, -0.25) is 0 Å². The molecular formula is C14H25N3O. The van der Waals surface area contributed by atoms with Crippen molar-refractivity contribution in [1.82, 2.24) is 4.98 Å². The third-order valence-corrected chi connectivity index (χ3v) is 2.76. The van der Waals surface area contributed by atoms with Crippen molar-refractivity contribution in [2.45, 2.75) is 27.2 Å². The molecule has 1 aromatic rings. The van der Waals surface area contributed by atoms with Crippen LogP contribution in [0.25, 0.3) is 0 Å². The summed E-state index contributed by atoms with van der Waals surface area (Å²) < 4.78 is 5.41. The van der Waals surface area contributed by atoms with Crippen molar-refractivity contribution in [3.63, 3.8) is 0 Å². The Morgan fingerprint density at radius 2 is 2.17 bits per heavy atom. The molecule has 0 saturated carbocycles. The number of nitrogens with zero attached hydrogens (tertiary/aromatic N) is 2. The van der Waals surface area contributed by atoms with Crippen molar-refractivity contribution >= 4 is 11.5 Å². The molecule has 1 rings (SSSR count). The van der Waals surface area contributed by atoms with E-state index in [2.05, 4.69) is 35.1 Å². The highest BCUT2D eigenvalue weighted by Crippen LogP contribution is 2.16. The molecule has 0 radical (unpaired) electrons. The minimum atomic E-state index is 0.768. The molecule has 0 unspecified atom stereocenters. The molecule has 0 aliphatic rings. The van der Waals surface area contributed by atoms with Gasteiger partial charge in [-0.2, -0.15) is 0 Å². The summed E-state index contributed by atoms with van der Waals surface area (Å²) in [6, 6.07) is 4.15. The Labute approximate surface area is 110 Å². The minimum Gasteiger partial charge on any atom is -0.380 e. The number of anilines is 2. The Morgan fingerprint density at radius 3 is 2.83 bits per heavy atom. The molecule has 18 heavy (non-hydrogen) atoms. The lowest BCUT2D eigenvalue weighted by Gasteiger charge is -2.23. The van der Waals surface area contributed by atoms with Crippen molar-refractivity contribution in [1.29, 1.82) is 0 Å². The van der Waals surface area contributed by atoms with Crippen LogP contribution in [0.3, 0.4) is 0 Å². The summed E-state index contributed by atoms with van der Waals surface area (Å²) in [6.45, 7) is 10.7. The highest BCUT2D eigenvalue weighted by Gasteiger charge is 2.05. The average Bonchev–Trinajstić information content (AvgIpc) is 2.42. The Morgan fingerprint density at radius 1 is 1.33 bits per heavy atom. The molecule has 4 nitrogen and oxygen atoms in total. The van der Waals surface area contributed by atoms with Gasteiger partial charge in [-0.15, -0.1) is 0 Å². The number of rotatable bonds is 9. The number of aromatic nitrogens is 1. The van der Waals surface area contributed by atoms with Gasteiger partial charge in [0.2, 0.25) is 0 Å². The van der Waals surface area contributed by atoms with Crippen LogP contribution in [0, 0.1) is 0 Å². The van der Waals surface area contributed by atoms with E-state index in [1.165, 1.54) is 5.69 Å². The van der Waals surface area contributed by atoms with E-state index in [9.17, 15) is 0 Å². The molecule has 0 bridgehead atoms. The molecule has 0 aromatic carbocycles. The fraction of sp³-hybridized carbons (Fsp3) is 0.643. The van der Waals surface area contributed by atoms with Crippen LogP contribution in [0.2, 0.25) is 0 Å². The molecule has 0 spiro atoms. The Hall–Kier alpha value is -1.29. The smallest absolute Gasteiger partial charge is 0.127 e. The molecule has 0 aliphatic carbocycles. The molecule has 102 valence electrons. The first-order chi connectivity index (χ1) is 8.81. The van der Waals surface area contributed by atoms with Crippen molar-refractivity contribution in [3.05, 3.63) is 18.3 Å². The van der Waals surface area contributed by atoms with Crippen LogP contribution in [-0.2, 0) is 4.74 Å². The summed E-state index contributed by atoms with van der Waals surface area (Å²) in [7, 11) is 0. The first-order valence-corrected chi connectivity index (χ1v) is 6.84. The number of likely N-dealkylation sites (N-methyl/N-ethyl adjacent to an activating group) is 1. The van der Waals surface area contributed by atoms with Gasteiger partial charge in [-0.05, 0) is 26.3 Å². The molecule has 0 atom stereocenters. The Balaban J connectivity index is 2.60. The van der Waals surface area contributed by atoms with Crippen LogP contribution < -0.4 is 10.2 Å². The lowest BCUT2D eigenvalue weighted by Crippen LogP contribution is -2.27. The third-order valence-electron chi connectivity index (χ3n) is 2.76. The van der Waals surface area contributed by atoms with E-state index >= 15 is 0 Å². The van der Waals surface area contributed by atoms with Crippen LogP contribution in [0.1, 0.15) is 27.2 Å². The van der Waals surface area contributed by atoms with Crippen molar-refractivity contribution < 1.29 is 4.74 Å². The lowest BCUT2D eigenvalue weighted by molar-refractivity contribution is 0.154. The van der Waals surface area contributed by atoms with Gasteiger partial charge >= 0.3 is 0 Å². The zero-order chi connectivity index (χ0) is 13.2. The molecule has 4 heteroatoms. The second-order valence-corrected chi connectivity index (χ2v) is 4.10. The van der Waals surface area contributed by atoms with Crippen molar-refractivity contribution in [3.8, 4) is 0 Å². The predicted molar refractivity (Wildman–Crippen MR) is 77.4 cm³/mol. The van der Waals surface area contributed by atoms with Gasteiger partial charge in [0.1, 0.15) is 5.82 Å². The first-order valence-electron chi connectivity index (χ1n) is 6.84. The fourth-order valence-corrected chi connectivity index (χ4v) is 1.75. The Bertz CT molecular complexity index is 331. The number of hydrogen-bond acceptors (Lipinski definition) is 4. The molecular weight excluding hydrogens is 226 g/mol. The van der Waals surface area contributed by atoms with Crippen LogP contribution in [-0.4, -0.2) is 37.8 Å². The van der Waals surface area contributed by atoms with Crippen LogP contribution in [0.4, 0.5) is 11.5 Å². The predicted octanol–water partition coefficient (Wildman–Crippen LogP) is 2.77. The topological polar surface area (TPSA) is 37.4 Å². The second kappa shape index (κ2) is 8.75.